The first-order chi connectivity index (χ1) is 11.7. The Morgan fingerprint density at radius 2 is 2.08 bits per heavy atom. The molecular formula is C17H22N6O. The van der Waals surface area contributed by atoms with Crippen LogP contribution in [0.25, 0.3) is 0 Å². The minimum Gasteiger partial charge on any atom is -0.368 e. The highest BCUT2D eigenvalue weighted by Crippen LogP contribution is 2.20. The van der Waals surface area contributed by atoms with Crippen LogP contribution >= 0.6 is 0 Å². The van der Waals surface area contributed by atoms with Crippen LogP contribution in [-0.4, -0.2) is 47.0 Å². The van der Waals surface area contributed by atoms with Crippen LogP contribution in [-0.2, 0) is 0 Å². The van der Waals surface area contributed by atoms with Crippen LogP contribution in [0, 0.1) is 6.92 Å². The summed E-state index contributed by atoms with van der Waals surface area (Å²) in [6.45, 7) is 5.11. The van der Waals surface area contributed by atoms with Gasteiger partial charge in [-0.05, 0) is 31.9 Å². The molecule has 7 nitrogen and oxygen atoms in total. The zero-order chi connectivity index (χ0) is 16.8. The number of aromatic nitrogens is 3. The lowest BCUT2D eigenvalue weighted by Gasteiger charge is -2.17. The lowest BCUT2D eigenvalue weighted by Crippen LogP contribution is -2.29. The molecule has 1 amide bonds. The van der Waals surface area contributed by atoms with E-state index in [0.29, 0.717) is 18.7 Å². The largest absolute Gasteiger partial charge is 0.368 e. The molecule has 7 heteroatoms. The summed E-state index contributed by atoms with van der Waals surface area (Å²) >= 11 is 0. The number of hydrogen-bond donors (Lipinski definition) is 2. The van der Waals surface area contributed by atoms with E-state index in [2.05, 4.69) is 30.5 Å². The first kappa shape index (κ1) is 16.2. The van der Waals surface area contributed by atoms with E-state index in [4.69, 9.17) is 0 Å². The molecule has 2 N–H and O–H groups in total. The molecule has 0 unspecified atom stereocenters. The second-order valence-corrected chi connectivity index (χ2v) is 5.78. The number of aryl methyl sites for hydroxylation is 1. The van der Waals surface area contributed by atoms with Crippen molar-refractivity contribution in [3.8, 4) is 0 Å². The number of rotatable bonds is 6. The minimum absolute atomic E-state index is 0.124. The average Bonchev–Trinajstić information content (AvgIpc) is 3.13. The van der Waals surface area contributed by atoms with Crippen molar-refractivity contribution in [2.75, 3.05) is 36.4 Å². The maximum atomic E-state index is 11.9. The molecule has 3 heterocycles. The van der Waals surface area contributed by atoms with Gasteiger partial charge >= 0.3 is 0 Å². The highest BCUT2D eigenvalue weighted by atomic mass is 16.1. The van der Waals surface area contributed by atoms with Crippen LogP contribution in [0.2, 0.25) is 0 Å². The van der Waals surface area contributed by atoms with Gasteiger partial charge in [0.15, 0.2) is 0 Å². The van der Waals surface area contributed by atoms with E-state index >= 15 is 0 Å². The van der Waals surface area contributed by atoms with E-state index in [1.54, 1.807) is 24.5 Å². The van der Waals surface area contributed by atoms with Crippen molar-refractivity contribution < 1.29 is 4.79 Å². The number of anilines is 2. The molecule has 2 aromatic heterocycles. The second kappa shape index (κ2) is 7.72. The Labute approximate surface area is 141 Å². The molecule has 1 fully saturated rings. The fraction of sp³-hybridized carbons (Fsp3) is 0.412. The van der Waals surface area contributed by atoms with Crippen molar-refractivity contribution in [3.63, 3.8) is 0 Å². The average molecular weight is 326 g/mol. The van der Waals surface area contributed by atoms with Gasteiger partial charge in [0.1, 0.15) is 17.5 Å². The lowest BCUT2D eigenvalue weighted by atomic mass is 10.3. The van der Waals surface area contributed by atoms with Crippen LogP contribution in [0.3, 0.4) is 0 Å². The number of carbonyl (C=O) groups is 1. The van der Waals surface area contributed by atoms with E-state index in [0.717, 1.165) is 30.5 Å². The third-order valence-electron chi connectivity index (χ3n) is 3.89. The van der Waals surface area contributed by atoms with Crippen LogP contribution in [0.4, 0.5) is 11.6 Å². The van der Waals surface area contributed by atoms with Crippen LogP contribution in [0.5, 0.6) is 0 Å². The smallest absolute Gasteiger partial charge is 0.252 e. The first-order valence-corrected chi connectivity index (χ1v) is 8.25. The third kappa shape index (κ3) is 4.18. The summed E-state index contributed by atoms with van der Waals surface area (Å²) < 4.78 is 0. The van der Waals surface area contributed by atoms with Gasteiger partial charge in [-0.15, -0.1) is 0 Å². The van der Waals surface area contributed by atoms with Crippen molar-refractivity contribution in [3.05, 3.63) is 42.0 Å². The molecule has 1 saturated heterocycles. The molecule has 0 aromatic carbocycles. The highest BCUT2D eigenvalue weighted by molar-refractivity contribution is 5.93. The minimum atomic E-state index is -0.124. The molecule has 0 radical (unpaired) electrons. The monoisotopic (exact) mass is 326 g/mol. The Morgan fingerprint density at radius 1 is 1.25 bits per heavy atom. The summed E-state index contributed by atoms with van der Waals surface area (Å²) in [4.78, 5) is 27.1. The summed E-state index contributed by atoms with van der Waals surface area (Å²) in [5.41, 5.74) is 0.562. The topological polar surface area (TPSA) is 83.0 Å². The normalized spacial score (nSPS) is 13.8. The number of pyridine rings is 1. The Hall–Kier alpha value is -2.70. The molecule has 3 rings (SSSR count). The number of amides is 1. The molecule has 24 heavy (non-hydrogen) atoms. The van der Waals surface area contributed by atoms with E-state index in [-0.39, 0.29) is 5.91 Å². The Balaban J connectivity index is 1.50. The quantitative estimate of drug-likeness (QED) is 0.785. The van der Waals surface area contributed by atoms with Crippen molar-refractivity contribution in [2.24, 2.45) is 0 Å². The van der Waals surface area contributed by atoms with Crippen LogP contribution in [0.1, 0.15) is 29.0 Å². The standard InChI is InChI=1S/C17H22N6O/c1-13-21-15(11-16(22-13)23-9-2-3-10-23)19-7-8-20-17(24)14-5-4-6-18-12-14/h4-6,11-12H,2-3,7-10H2,1H3,(H,20,24)(H,19,21,22). The van der Waals surface area contributed by atoms with E-state index < -0.39 is 0 Å². The molecule has 0 saturated carbocycles. The molecule has 1 aliphatic heterocycles. The molecule has 1 aliphatic rings. The summed E-state index contributed by atoms with van der Waals surface area (Å²) in [5.74, 6) is 2.39. The van der Waals surface area contributed by atoms with E-state index in [9.17, 15) is 4.79 Å². The van der Waals surface area contributed by atoms with Gasteiger partial charge in [0.2, 0.25) is 0 Å². The summed E-state index contributed by atoms with van der Waals surface area (Å²) in [5, 5.41) is 6.11. The fourth-order valence-electron chi connectivity index (χ4n) is 2.72. The number of carbonyl (C=O) groups excluding carboxylic acids is 1. The van der Waals surface area contributed by atoms with Gasteiger partial charge in [0.05, 0.1) is 5.56 Å². The third-order valence-corrected chi connectivity index (χ3v) is 3.89. The predicted molar refractivity (Wildman–Crippen MR) is 93.3 cm³/mol. The van der Waals surface area contributed by atoms with Crippen molar-refractivity contribution >= 4 is 17.5 Å². The van der Waals surface area contributed by atoms with Gasteiger partial charge in [-0.2, -0.15) is 0 Å². The molecule has 0 bridgehead atoms. The second-order valence-electron chi connectivity index (χ2n) is 5.78. The Morgan fingerprint density at radius 3 is 2.83 bits per heavy atom. The maximum Gasteiger partial charge on any atom is 0.252 e. The predicted octanol–water partition coefficient (Wildman–Crippen LogP) is 1.62. The zero-order valence-corrected chi connectivity index (χ0v) is 13.8. The van der Waals surface area contributed by atoms with E-state index in [1.807, 2.05) is 13.0 Å². The summed E-state index contributed by atoms with van der Waals surface area (Å²) in [6, 6.07) is 5.46. The maximum absolute atomic E-state index is 11.9. The van der Waals surface area contributed by atoms with Crippen molar-refractivity contribution in [1.82, 2.24) is 20.3 Å². The van der Waals surface area contributed by atoms with Crippen LogP contribution < -0.4 is 15.5 Å². The number of nitrogens with zero attached hydrogens (tertiary/aromatic N) is 4. The Kier molecular flexibility index (Phi) is 5.20. The van der Waals surface area contributed by atoms with Gasteiger partial charge in [0.25, 0.3) is 5.91 Å². The van der Waals surface area contributed by atoms with E-state index in [1.165, 1.54) is 12.8 Å². The van der Waals surface area contributed by atoms with Gasteiger partial charge < -0.3 is 15.5 Å². The van der Waals surface area contributed by atoms with Crippen molar-refractivity contribution in [2.45, 2.75) is 19.8 Å². The molecule has 0 atom stereocenters. The van der Waals surface area contributed by atoms with Gasteiger partial charge in [-0.1, -0.05) is 0 Å². The fourth-order valence-corrected chi connectivity index (χ4v) is 2.72. The lowest BCUT2D eigenvalue weighted by molar-refractivity contribution is 0.0955. The first-order valence-electron chi connectivity index (χ1n) is 8.25. The summed E-state index contributed by atoms with van der Waals surface area (Å²) in [6.07, 6.45) is 5.63. The van der Waals surface area contributed by atoms with Gasteiger partial charge in [0, 0.05) is 44.6 Å². The highest BCUT2D eigenvalue weighted by Gasteiger charge is 2.15. The SMILES string of the molecule is Cc1nc(NCCNC(=O)c2cccnc2)cc(N2CCCC2)n1. The summed E-state index contributed by atoms with van der Waals surface area (Å²) in [7, 11) is 0. The number of nitrogens with one attached hydrogen (secondary N) is 2. The molecule has 126 valence electrons. The molecular weight excluding hydrogens is 304 g/mol. The van der Waals surface area contributed by atoms with Crippen LogP contribution in [0.15, 0.2) is 30.6 Å². The molecule has 2 aromatic rings. The Bertz CT molecular complexity index is 685. The van der Waals surface area contributed by atoms with Crippen molar-refractivity contribution in [1.29, 1.82) is 0 Å². The molecule has 0 spiro atoms. The zero-order valence-electron chi connectivity index (χ0n) is 13.8. The van der Waals surface area contributed by atoms with Gasteiger partial charge in [-0.25, -0.2) is 9.97 Å². The van der Waals surface area contributed by atoms with Gasteiger partial charge in [-0.3, -0.25) is 9.78 Å². The number of hydrogen-bond acceptors (Lipinski definition) is 6. The molecule has 0 aliphatic carbocycles.